The molecule has 0 unspecified atom stereocenters. The second-order valence-electron chi connectivity index (χ2n) is 4.84. The van der Waals surface area contributed by atoms with E-state index in [0.29, 0.717) is 0 Å². The van der Waals surface area contributed by atoms with Crippen molar-refractivity contribution in [1.82, 2.24) is 10.6 Å². The molecule has 0 aliphatic carbocycles. The fourth-order valence-electron chi connectivity index (χ4n) is 1.93. The molecule has 0 radical (unpaired) electrons. The van der Waals surface area contributed by atoms with Gasteiger partial charge in [-0.15, -0.1) is 0 Å². The van der Waals surface area contributed by atoms with Crippen molar-refractivity contribution in [2.24, 2.45) is 5.73 Å². The number of hydrogen-bond donors (Lipinski definition) is 4. The first-order valence-electron chi connectivity index (χ1n) is 7.64. The Kier molecular flexibility index (Phi) is 16.7. The second kappa shape index (κ2) is 16.8. The molecular weight excluding hydrogens is 226 g/mol. The predicted molar refractivity (Wildman–Crippen MR) is 78.8 cm³/mol. The molecule has 0 rings (SSSR count). The van der Waals surface area contributed by atoms with E-state index in [-0.39, 0.29) is 6.61 Å². The lowest BCUT2D eigenvalue weighted by atomic mass is 10.2. The van der Waals surface area contributed by atoms with Crippen molar-refractivity contribution < 1.29 is 5.11 Å². The Morgan fingerprint density at radius 1 is 0.611 bits per heavy atom. The van der Waals surface area contributed by atoms with Crippen molar-refractivity contribution in [3.05, 3.63) is 0 Å². The van der Waals surface area contributed by atoms with Crippen LogP contribution >= 0.6 is 0 Å². The third kappa shape index (κ3) is 15.8. The summed E-state index contributed by atoms with van der Waals surface area (Å²) in [6.07, 6.45) is 10.1. The largest absolute Gasteiger partial charge is 0.395 e. The zero-order chi connectivity index (χ0) is 13.3. The molecule has 0 saturated heterocycles. The van der Waals surface area contributed by atoms with Gasteiger partial charge in [0, 0.05) is 6.54 Å². The van der Waals surface area contributed by atoms with Crippen LogP contribution in [0.15, 0.2) is 0 Å². The predicted octanol–water partition coefficient (Wildman–Crippen LogP) is 1.24. The van der Waals surface area contributed by atoms with Gasteiger partial charge in [-0.05, 0) is 51.9 Å². The summed E-state index contributed by atoms with van der Waals surface area (Å²) in [5, 5.41) is 15.3. The van der Waals surface area contributed by atoms with Crippen LogP contribution in [0.1, 0.15) is 51.4 Å². The van der Waals surface area contributed by atoms with Crippen LogP contribution < -0.4 is 16.4 Å². The molecule has 0 aromatic carbocycles. The third-order valence-corrected chi connectivity index (χ3v) is 3.05. The van der Waals surface area contributed by atoms with Gasteiger partial charge in [0.15, 0.2) is 0 Å². The smallest absolute Gasteiger partial charge is 0.0555 e. The number of nitrogens with one attached hydrogen (secondary N) is 2. The molecular formula is C14H33N3O. The molecule has 0 heterocycles. The molecule has 0 aliphatic heterocycles. The fourth-order valence-corrected chi connectivity index (χ4v) is 1.93. The van der Waals surface area contributed by atoms with E-state index in [0.717, 1.165) is 32.7 Å². The van der Waals surface area contributed by atoms with E-state index in [1.165, 1.54) is 51.4 Å². The van der Waals surface area contributed by atoms with Gasteiger partial charge in [-0.1, -0.05) is 25.7 Å². The number of nitrogens with two attached hydrogens (primary N) is 1. The van der Waals surface area contributed by atoms with E-state index in [9.17, 15) is 0 Å². The van der Waals surface area contributed by atoms with Crippen molar-refractivity contribution in [2.45, 2.75) is 51.4 Å². The van der Waals surface area contributed by atoms with Crippen LogP contribution in [0.25, 0.3) is 0 Å². The highest BCUT2D eigenvalue weighted by Gasteiger charge is 1.92. The van der Waals surface area contributed by atoms with Gasteiger partial charge in [0.2, 0.25) is 0 Å². The summed E-state index contributed by atoms with van der Waals surface area (Å²) in [6.45, 7) is 5.15. The average Bonchev–Trinajstić information content (AvgIpc) is 2.39. The molecule has 4 heteroatoms. The quantitative estimate of drug-likeness (QED) is 0.334. The molecule has 5 N–H and O–H groups in total. The van der Waals surface area contributed by atoms with Gasteiger partial charge in [-0.2, -0.15) is 0 Å². The molecule has 0 saturated carbocycles. The monoisotopic (exact) mass is 259 g/mol. The number of unbranched alkanes of at least 4 members (excludes halogenated alkanes) is 6. The summed E-state index contributed by atoms with van der Waals surface area (Å²) in [5.74, 6) is 0. The maximum atomic E-state index is 8.58. The molecule has 0 spiro atoms. The van der Waals surface area contributed by atoms with Crippen LogP contribution in [-0.4, -0.2) is 44.4 Å². The van der Waals surface area contributed by atoms with Gasteiger partial charge in [-0.3, -0.25) is 0 Å². The average molecular weight is 259 g/mol. The van der Waals surface area contributed by atoms with E-state index >= 15 is 0 Å². The Hall–Kier alpha value is -0.160. The van der Waals surface area contributed by atoms with Gasteiger partial charge >= 0.3 is 0 Å². The molecule has 18 heavy (non-hydrogen) atoms. The first-order chi connectivity index (χ1) is 8.91. The van der Waals surface area contributed by atoms with Crippen molar-refractivity contribution in [3.63, 3.8) is 0 Å². The number of aliphatic hydroxyl groups excluding tert-OH is 1. The lowest BCUT2D eigenvalue weighted by Crippen LogP contribution is -2.19. The van der Waals surface area contributed by atoms with E-state index in [4.69, 9.17) is 10.8 Å². The molecule has 0 atom stereocenters. The Morgan fingerprint density at radius 2 is 1.06 bits per heavy atom. The summed E-state index contributed by atoms with van der Waals surface area (Å²) < 4.78 is 0. The van der Waals surface area contributed by atoms with E-state index in [1.54, 1.807) is 0 Å². The highest BCUT2D eigenvalue weighted by molar-refractivity contribution is 4.52. The Bertz CT molecular complexity index is 129. The van der Waals surface area contributed by atoms with Crippen LogP contribution in [0.5, 0.6) is 0 Å². The van der Waals surface area contributed by atoms with Crippen LogP contribution in [0.2, 0.25) is 0 Å². The summed E-state index contributed by atoms with van der Waals surface area (Å²) >= 11 is 0. The van der Waals surface area contributed by atoms with Gasteiger partial charge in [-0.25, -0.2) is 0 Å². The van der Waals surface area contributed by atoms with Gasteiger partial charge in [0.25, 0.3) is 0 Å². The van der Waals surface area contributed by atoms with Crippen molar-refractivity contribution in [2.75, 3.05) is 39.3 Å². The molecule has 0 fully saturated rings. The van der Waals surface area contributed by atoms with Crippen LogP contribution in [0.3, 0.4) is 0 Å². The van der Waals surface area contributed by atoms with Gasteiger partial charge in [0.1, 0.15) is 0 Å². The number of hydrogen-bond acceptors (Lipinski definition) is 4. The summed E-state index contributed by atoms with van der Waals surface area (Å²) in [7, 11) is 0. The maximum Gasteiger partial charge on any atom is 0.0555 e. The minimum atomic E-state index is 0.245. The fraction of sp³-hybridized carbons (Fsp3) is 1.00. The Morgan fingerprint density at radius 3 is 1.50 bits per heavy atom. The van der Waals surface area contributed by atoms with E-state index in [2.05, 4.69) is 10.6 Å². The first-order valence-corrected chi connectivity index (χ1v) is 7.64. The standard InChI is InChI=1S/C14H33N3O/c15-9-5-1-2-6-10-16-11-7-3-4-8-12-17-13-14-18/h16-18H,1-15H2. The molecule has 0 amide bonds. The molecule has 0 aromatic heterocycles. The lowest BCUT2D eigenvalue weighted by molar-refractivity contribution is 0.292. The topological polar surface area (TPSA) is 70.3 Å². The van der Waals surface area contributed by atoms with Crippen LogP contribution in [0, 0.1) is 0 Å². The number of aliphatic hydroxyl groups is 1. The van der Waals surface area contributed by atoms with Crippen LogP contribution in [-0.2, 0) is 0 Å². The minimum absolute atomic E-state index is 0.245. The van der Waals surface area contributed by atoms with Crippen molar-refractivity contribution in [1.29, 1.82) is 0 Å². The van der Waals surface area contributed by atoms with Crippen molar-refractivity contribution in [3.8, 4) is 0 Å². The zero-order valence-electron chi connectivity index (χ0n) is 11.9. The molecule has 0 bridgehead atoms. The number of rotatable bonds is 15. The van der Waals surface area contributed by atoms with Gasteiger partial charge < -0.3 is 21.5 Å². The zero-order valence-corrected chi connectivity index (χ0v) is 11.9. The molecule has 0 aliphatic rings. The minimum Gasteiger partial charge on any atom is -0.395 e. The van der Waals surface area contributed by atoms with Crippen LogP contribution in [0.4, 0.5) is 0 Å². The van der Waals surface area contributed by atoms with Gasteiger partial charge in [0.05, 0.1) is 6.61 Å². The van der Waals surface area contributed by atoms with E-state index in [1.807, 2.05) is 0 Å². The Balaban J connectivity index is 2.86. The molecule has 4 nitrogen and oxygen atoms in total. The normalized spacial score (nSPS) is 11.0. The molecule has 110 valence electrons. The highest BCUT2D eigenvalue weighted by atomic mass is 16.3. The SMILES string of the molecule is NCCCCCCNCCCCCCNCCO. The van der Waals surface area contributed by atoms with Crippen molar-refractivity contribution >= 4 is 0 Å². The summed E-state index contributed by atoms with van der Waals surface area (Å²) in [6, 6.07) is 0. The third-order valence-electron chi connectivity index (χ3n) is 3.05. The summed E-state index contributed by atoms with van der Waals surface area (Å²) in [5.41, 5.74) is 5.44. The van der Waals surface area contributed by atoms with E-state index < -0.39 is 0 Å². The first kappa shape index (κ1) is 17.8. The Labute approximate surface area is 113 Å². The maximum absolute atomic E-state index is 8.58. The summed E-state index contributed by atoms with van der Waals surface area (Å²) in [4.78, 5) is 0. The lowest BCUT2D eigenvalue weighted by Gasteiger charge is -2.05. The second-order valence-corrected chi connectivity index (χ2v) is 4.84. The highest BCUT2D eigenvalue weighted by Crippen LogP contribution is 1.99. The molecule has 0 aromatic rings.